The van der Waals surface area contributed by atoms with Crippen LogP contribution in [0.3, 0.4) is 0 Å². The molecule has 2 atom stereocenters. The lowest BCUT2D eigenvalue weighted by Crippen LogP contribution is -2.30. The van der Waals surface area contributed by atoms with E-state index < -0.39 is 0 Å². The summed E-state index contributed by atoms with van der Waals surface area (Å²) in [5.74, 6) is 1.90. The molecule has 0 radical (unpaired) electrons. The van der Waals surface area contributed by atoms with Gasteiger partial charge in [0, 0.05) is 37.6 Å². The van der Waals surface area contributed by atoms with Crippen molar-refractivity contribution < 1.29 is 9.21 Å². The Balaban J connectivity index is 1.40. The number of rotatable bonds is 5. The number of aromatic nitrogens is 3. The highest BCUT2D eigenvalue weighted by Crippen LogP contribution is 2.28. The van der Waals surface area contributed by atoms with Gasteiger partial charge in [-0.25, -0.2) is 0 Å². The predicted octanol–water partition coefficient (Wildman–Crippen LogP) is 3.00. The number of hydrogen-bond donors (Lipinski definition) is 1. The summed E-state index contributed by atoms with van der Waals surface area (Å²) in [6, 6.07) is 10.8. The van der Waals surface area contributed by atoms with Crippen molar-refractivity contribution in [1.82, 2.24) is 20.1 Å². The van der Waals surface area contributed by atoms with E-state index in [0.29, 0.717) is 24.1 Å². The van der Waals surface area contributed by atoms with Crippen molar-refractivity contribution in [2.45, 2.75) is 45.1 Å². The summed E-state index contributed by atoms with van der Waals surface area (Å²) in [5.41, 5.74) is 2.37. The van der Waals surface area contributed by atoms with Crippen LogP contribution in [0.25, 0.3) is 10.9 Å². The van der Waals surface area contributed by atoms with Gasteiger partial charge >= 0.3 is 0 Å². The van der Waals surface area contributed by atoms with Crippen LogP contribution in [-0.4, -0.2) is 26.7 Å². The fourth-order valence-corrected chi connectivity index (χ4v) is 4.04. The summed E-state index contributed by atoms with van der Waals surface area (Å²) in [5, 5.41) is 12.7. The lowest BCUT2D eigenvalue weighted by molar-refractivity contribution is -0.119. The fraction of sp³-hybridized carbons (Fsp3) is 0.450. The highest BCUT2D eigenvalue weighted by Gasteiger charge is 2.27. The molecule has 1 amide bonds. The quantitative estimate of drug-likeness (QED) is 0.766. The summed E-state index contributed by atoms with van der Waals surface area (Å²) >= 11 is 0. The summed E-state index contributed by atoms with van der Waals surface area (Å²) in [6.07, 6.45) is 4.53. The smallest absolute Gasteiger partial charge is 0.222 e. The van der Waals surface area contributed by atoms with Crippen LogP contribution < -0.4 is 5.32 Å². The van der Waals surface area contributed by atoms with Gasteiger partial charge in [-0.05, 0) is 42.7 Å². The third kappa shape index (κ3) is 3.49. The number of hydrogen-bond acceptors (Lipinski definition) is 4. The molecule has 2 heterocycles. The van der Waals surface area contributed by atoms with Crippen LogP contribution in [-0.2, 0) is 24.7 Å². The van der Waals surface area contributed by atoms with E-state index in [4.69, 9.17) is 4.42 Å². The summed E-state index contributed by atoms with van der Waals surface area (Å²) in [4.78, 5) is 11.2. The number of para-hydroxylation sites is 1. The van der Waals surface area contributed by atoms with E-state index in [1.807, 2.05) is 12.1 Å². The molecule has 1 aliphatic rings. The molecule has 0 aliphatic heterocycles. The topological polar surface area (TPSA) is 73.0 Å². The Kier molecular flexibility index (Phi) is 4.49. The average molecular weight is 352 g/mol. The largest absolute Gasteiger partial charge is 0.425 e. The number of benzene rings is 1. The van der Waals surface area contributed by atoms with E-state index in [2.05, 4.69) is 45.3 Å². The summed E-state index contributed by atoms with van der Waals surface area (Å²) in [7, 11) is 2.07. The van der Waals surface area contributed by atoms with Gasteiger partial charge in [-0.1, -0.05) is 18.2 Å². The van der Waals surface area contributed by atoms with Crippen molar-refractivity contribution in [3.05, 3.63) is 47.8 Å². The minimum absolute atomic E-state index is 0.0469. The summed E-state index contributed by atoms with van der Waals surface area (Å²) in [6.45, 7) is 1.57. The third-order valence-corrected chi connectivity index (χ3v) is 5.30. The lowest BCUT2D eigenvalue weighted by atomic mass is 10.0. The molecular weight excluding hydrogens is 328 g/mol. The molecule has 4 rings (SSSR count). The van der Waals surface area contributed by atoms with Crippen molar-refractivity contribution in [2.24, 2.45) is 13.0 Å². The van der Waals surface area contributed by atoms with Crippen molar-refractivity contribution in [3.8, 4) is 0 Å². The zero-order valence-electron chi connectivity index (χ0n) is 15.2. The molecule has 1 aromatic carbocycles. The van der Waals surface area contributed by atoms with Crippen molar-refractivity contribution in [3.63, 3.8) is 0 Å². The highest BCUT2D eigenvalue weighted by atomic mass is 16.4. The van der Waals surface area contributed by atoms with E-state index in [-0.39, 0.29) is 11.9 Å². The first kappa shape index (κ1) is 16.8. The molecule has 1 fully saturated rings. The van der Waals surface area contributed by atoms with Gasteiger partial charge in [0.25, 0.3) is 0 Å². The molecule has 3 aromatic rings. The average Bonchev–Trinajstić information content (AvgIpc) is 3.30. The second-order valence-corrected chi connectivity index (χ2v) is 7.30. The second kappa shape index (κ2) is 6.94. The van der Waals surface area contributed by atoms with E-state index in [0.717, 1.165) is 31.4 Å². The molecule has 0 unspecified atom stereocenters. The van der Waals surface area contributed by atoms with Crippen LogP contribution >= 0.6 is 0 Å². The first-order valence-corrected chi connectivity index (χ1v) is 9.20. The van der Waals surface area contributed by atoms with Gasteiger partial charge in [-0.2, -0.15) is 0 Å². The molecule has 6 heteroatoms. The number of amides is 1. The Bertz CT molecular complexity index is 927. The highest BCUT2D eigenvalue weighted by molar-refractivity contribution is 5.81. The SMILES string of the molecule is CC(=O)N[C@H]1CC[C@@H](Cc2nnc(Cc3cc4ccccc4n3C)o2)C1. The van der Waals surface area contributed by atoms with Gasteiger partial charge in [0.05, 0.1) is 6.42 Å². The van der Waals surface area contributed by atoms with Gasteiger partial charge in [-0.3, -0.25) is 4.79 Å². The Morgan fingerprint density at radius 1 is 1.27 bits per heavy atom. The standard InChI is InChI=1S/C20H24N4O2/c1-13(25)21-16-8-7-14(9-16)10-19-22-23-20(26-19)12-17-11-15-5-3-4-6-18(15)24(17)2/h3-6,11,14,16H,7-10,12H2,1-2H3,(H,21,25)/t14-,16+/m1/s1. The maximum Gasteiger partial charge on any atom is 0.222 e. The number of carbonyl (C=O) groups excluding carboxylic acids is 1. The molecule has 0 spiro atoms. The molecule has 1 saturated carbocycles. The van der Waals surface area contributed by atoms with Crippen LogP contribution in [0, 0.1) is 5.92 Å². The number of nitrogens with one attached hydrogen (secondary N) is 1. The molecule has 26 heavy (non-hydrogen) atoms. The minimum Gasteiger partial charge on any atom is -0.425 e. The first-order chi connectivity index (χ1) is 12.6. The Morgan fingerprint density at radius 3 is 2.88 bits per heavy atom. The van der Waals surface area contributed by atoms with Crippen LogP contribution in [0.2, 0.25) is 0 Å². The van der Waals surface area contributed by atoms with Gasteiger partial charge in [0.2, 0.25) is 17.7 Å². The van der Waals surface area contributed by atoms with E-state index >= 15 is 0 Å². The zero-order chi connectivity index (χ0) is 18.1. The first-order valence-electron chi connectivity index (χ1n) is 9.20. The second-order valence-electron chi connectivity index (χ2n) is 7.30. The minimum atomic E-state index is 0.0469. The Hall–Kier alpha value is -2.63. The predicted molar refractivity (Wildman–Crippen MR) is 98.7 cm³/mol. The molecule has 1 N–H and O–H groups in total. The number of fused-ring (bicyclic) bond motifs is 1. The van der Waals surface area contributed by atoms with Crippen LogP contribution in [0.15, 0.2) is 34.7 Å². The summed E-state index contributed by atoms with van der Waals surface area (Å²) < 4.78 is 8.07. The third-order valence-electron chi connectivity index (χ3n) is 5.30. The van der Waals surface area contributed by atoms with Crippen LogP contribution in [0.4, 0.5) is 0 Å². The van der Waals surface area contributed by atoms with Crippen LogP contribution in [0.1, 0.15) is 43.7 Å². The Labute approximate surface area is 152 Å². The lowest BCUT2D eigenvalue weighted by Gasteiger charge is -2.10. The molecule has 0 bridgehead atoms. The zero-order valence-corrected chi connectivity index (χ0v) is 15.2. The van der Waals surface area contributed by atoms with Gasteiger partial charge in [0.15, 0.2) is 0 Å². The maximum absolute atomic E-state index is 11.2. The maximum atomic E-state index is 11.2. The van der Waals surface area contributed by atoms with E-state index in [1.165, 1.54) is 10.9 Å². The Morgan fingerprint density at radius 2 is 2.08 bits per heavy atom. The van der Waals surface area contributed by atoms with Crippen LogP contribution in [0.5, 0.6) is 0 Å². The number of nitrogens with zero attached hydrogens (tertiary/aromatic N) is 3. The molecule has 0 saturated heterocycles. The molecule has 2 aromatic heterocycles. The number of aryl methyl sites for hydroxylation is 1. The van der Waals surface area contributed by atoms with Gasteiger partial charge < -0.3 is 14.3 Å². The van der Waals surface area contributed by atoms with E-state index in [1.54, 1.807) is 6.92 Å². The number of carbonyl (C=O) groups is 1. The monoisotopic (exact) mass is 352 g/mol. The van der Waals surface area contributed by atoms with Gasteiger partial charge in [-0.15, -0.1) is 10.2 Å². The van der Waals surface area contributed by atoms with Crippen molar-refractivity contribution in [1.29, 1.82) is 0 Å². The fourth-order valence-electron chi connectivity index (χ4n) is 4.04. The van der Waals surface area contributed by atoms with Gasteiger partial charge in [0.1, 0.15) is 0 Å². The van der Waals surface area contributed by atoms with Crippen molar-refractivity contribution >= 4 is 16.8 Å². The molecule has 136 valence electrons. The molecule has 6 nitrogen and oxygen atoms in total. The van der Waals surface area contributed by atoms with Crippen molar-refractivity contribution in [2.75, 3.05) is 0 Å². The van der Waals surface area contributed by atoms with E-state index in [9.17, 15) is 4.79 Å². The normalized spacial score (nSPS) is 19.9. The molecular formula is C20H24N4O2. The molecule has 1 aliphatic carbocycles.